The van der Waals surface area contributed by atoms with Crippen molar-refractivity contribution in [1.82, 2.24) is 4.90 Å². The third kappa shape index (κ3) is 4.99. The van der Waals surface area contributed by atoms with Crippen molar-refractivity contribution in [1.29, 1.82) is 0 Å². The number of amides is 1. The average Bonchev–Trinajstić information content (AvgIpc) is 2.64. The minimum absolute atomic E-state index is 0.0160. The molecule has 0 aromatic heterocycles. The van der Waals surface area contributed by atoms with Gasteiger partial charge in [0, 0.05) is 18.7 Å². The molecule has 0 heterocycles. The molecule has 26 heavy (non-hydrogen) atoms. The van der Waals surface area contributed by atoms with Crippen molar-refractivity contribution in [2.75, 3.05) is 13.7 Å². The van der Waals surface area contributed by atoms with Gasteiger partial charge < -0.3 is 19.5 Å². The van der Waals surface area contributed by atoms with Gasteiger partial charge in [0.25, 0.3) is 5.91 Å². The second kappa shape index (κ2) is 8.89. The Morgan fingerprint density at radius 3 is 2.38 bits per heavy atom. The Kier molecular flexibility index (Phi) is 6.60. The van der Waals surface area contributed by atoms with E-state index >= 15 is 0 Å². The molecule has 0 bridgehead atoms. The van der Waals surface area contributed by atoms with E-state index in [0.717, 1.165) is 5.56 Å². The molecule has 2 rings (SSSR count). The number of ether oxygens (including phenoxy) is 2. The van der Waals surface area contributed by atoms with Crippen LogP contribution in [0.15, 0.2) is 48.5 Å². The highest BCUT2D eigenvalue weighted by Crippen LogP contribution is 2.24. The lowest BCUT2D eigenvalue weighted by Gasteiger charge is -2.26. The second-order valence-corrected chi connectivity index (χ2v) is 6.06. The Bertz CT molecular complexity index is 758. The first-order valence-electron chi connectivity index (χ1n) is 8.30. The summed E-state index contributed by atoms with van der Waals surface area (Å²) < 4.78 is 10.1. The fraction of sp³-hybridized carbons (Fsp3) is 0.300. The van der Waals surface area contributed by atoms with Gasteiger partial charge in [0.1, 0.15) is 17.1 Å². The van der Waals surface area contributed by atoms with Crippen LogP contribution in [0.25, 0.3) is 0 Å². The van der Waals surface area contributed by atoms with Crippen molar-refractivity contribution < 1.29 is 24.2 Å². The predicted octanol–water partition coefficient (Wildman–Crippen LogP) is 2.99. The van der Waals surface area contributed by atoms with E-state index in [2.05, 4.69) is 0 Å². The summed E-state index contributed by atoms with van der Waals surface area (Å²) in [5, 5.41) is 9.87. The van der Waals surface area contributed by atoms with E-state index in [-0.39, 0.29) is 23.3 Å². The molecule has 1 amide bonds. The van der Waals surface area contributed by atoms with Gasteiger partial charge in [-0.05, 0) is 31.5 Å². The Morgan fingerprint density at radius 2 is 1.81 bits per heavy atom. The summed E-state index contributed by atoms with van der Waals surface area (Å²) in [6, 6.07) is 13.8. The molecule has 0 saturated heterocycles. The van der Waals surface area contributed by atoms with Crippen molar-refractivity contribution in [2.45, 2.75) is 26.4 Å². The molecule has 6 heteroatoms. The molecule has 0 aliphatic heterocycles. The number of hydrogen-bond donors (Lipinski definition) is 1. The fourth-order valence-corrected chi connectivity index (χ4v) is 2.44. The van der Waals surface area contributed by atoms with Gasteiger partial charge in [-0.15, -0.1) is 0 Å². The molecule has 0 fully saturated rings. The number of carbonyl (C=O) groups is 2. The van der Waals surface area contributed by atoms with E-state index in [1.165, 1.54) is 25.3 Å². The number of methoxy groups -OCH3 is 1. The van der Waals surface area contributed by atoms with Gasteiger partial charge in [-0.1, -0.05) is 30.3 Å². The molecule has 1 N–H and O–H groups in total. The van der Waals surface area contributed by atoms with Crippen molar-refractivity contribution in [3.8, 4) is 11.5 Å². The number of nitrogens with zero attached hydrogens (tertiary/aromatic N) is 1. The lowest BCUT2D eigenvalue weighted by Crippen LogP contribution is -2.39. The van der Waals surface area contributed by atoms with Crippen molar-refractivity contribution >= 4 is 11.9 Å². The SMILES string of the molecule is COc1ccc(C(=O)OCC(=O)N(Cc2ccccc2)C(C)C)c(O)c1. The number of esters is 1. The van der Waals surface area contributed by atoms with Crippen LogP contribution in [-0.4, -0.2) is 41.6 Å². The van der Waals surface area contributed by atoms with Gasteiger partial charge in [0.2, 0.25) is 0 Å². The lowest BCUT2D eigenvalue weighted by molar-refractivity contribution is -0.136. The summed E-state index contributed by atoms with van der Waals surface area (Å²) in [6.45, 7) is 3.84. The summed E-state index contributed by atoms with van der Waals surface area (Å²) in [5.41, 5.74) is 0.978. The van der Waals surface area contributed by atoms with Crippen LogP contribution in [0.1, 0.15) is 29.8 Å². The first kappa shape index (κ1) is 19.3. The summed E-state index contributed by atoms with van der Waals surface area (Å²) in [7, 11) is 1.46. The molecule has 0 aliphatic rings. The summed E-state index contributed by atoms with van der Waals surface area (Å²) >= 11 is 0. The summed E-state index contributed by atoms with van der Waals surface area (Å²) in [5.74, 6) is -0.900. The van der Waals surface area contributed by atoms with Crippen molar-refractivity contribution in [3.63, 3.8) is 0 Å². The van der Waals surface area contributed by atoms with Crippen LogP contribution in [0.5, 0.6) is 11.5 Å². The van der Waals surface area contributed by atoms with E-state index in [1.807, 2.05) is 44.2 Å². The zero-order valence-corrected chi connectivity index (χ0v) is 15.1. The first-order chi connectivity index (χ1) is 12.4. The average molecular weight is 357 g/mol. The van der Waals surface area contributed by atoms with E-state index in [4.69, 9.17) is 9.47 Å². The molecule has 138 valence electrons. The number of benzene rings is 2. The Labute approximate surface area is 153 Å². The van der Waals surface area contributed by atoms with Crippen molar-refractivity contribution in [3.05, 3.63) is 59.7 Å². The topological polar surface area (TPSA) is 76.1 Å². The molecule has 0 radical (unpaired) electrons. The van der Waals surface area contributed by atoms with Gasteiger partial charge in [-0.3, -0.25) is 4.79 Å². The minimum Gasteiger partial charge on any atom is -0.507 e. The highest BCUT2D eigenvalue weighted by molar-refractivity contribution is 5.94. The fourth-order valence-electron chi connectivity index (χ4n) is 2.44. The normalized spacial score (nSPS) is 10.5. The Morgan fingerprint density at radius 1 is 1.12 bits per heavy atom. The molecule has 6 nitrogen and oxygen atoms in total. The third-order valence-corrected chi connectivity index (χ3v) is 3.89. The second-order valence-electron chi connectivity index (χ2n) is 6.06. The van der Waals surface area contributed by atoms with Crippen LogP contribution in [-0.2, 0) is 16.1 Å². The number of aromatic hydroxyl groups is 1. The van der Waals surface area contributed by atoms with Gasteiger partial charge in [-0.2, -0.15) is 0 Å². The smallest absolute Gasteiger partial charge is 0.342 e. The number of phenolic OH excluding ortho intramolecular Hbond substituents is 1. The van der Waals surface area contributed by atoms with Crippen LogP contribution in [0.3, 0.4) is 0 Å². The Balaban J connectivity index is 2.00. The first-order valence-corrected chi connectivity index (χ1v) is 8.30. The molecule has 0 atom stereocenters. The molecule has 0 unspecified atom stereocenters. The van der Waals surface area contributed by atoms with Gasteiger partial charge >= 0.3 is 5.97 Å². The van der Waals surface area contributed by atoms with Gasteiger partial charge in [0.15, 0.2) is 6.61 Å². The van der Waals surface area contributed by atoms with E-state index < -0.39 is 12.6 Å². The maximum atomic E-state index is 12.5. The number of rotatable bonds is 7. The molecular formula is C20H23NO5. The maximum absolute atomic E-state index is 12.5. The highest BCUT2D eigenvalue weighted by atomic mass is 16.5. The zero-order valence-electron chi connectivity index (χ0n) is 15.1. The standard InChI is InChI=1S/C20H23NO5/c1-14(2)21(12-15-7-5-4-6-8-15)19(23)13-26-20(24)17-10-9-16(25-3)11-18(17)22/h4-11,14,22H,12-13H2,1-3H3. The maximum Gasteiger partial charge on any atom is 0.342 e. The minimum atomic E-state index is -0.762. The molecule has 0 aliphatic carbocycles. The van der Waals surface area contributed by atoms with Gasteiger partial charge in [0.05, 0.1) is 7.11 Å². The third-order valence-electron chi connectivity index (χ3n) is 3.89. The molecule has 2 aromatic carbocycles. The van der Waals surface area contributed by atoms with Crippen LogP contribution in [0.2, 0.25) is 0 Å². The number of hydrogen-bond acceptors (Lipinski definition) is 5. The van der Waals surface area contributed by atoms with Crippen LogP contribution < -0.4 is 4.74 Å². The van der Waals surface area contributed by atoms with E-state index in [1.54, 1.807) is 4.90 Å². The van der Waals surface area contributed by atoms with Crippen LogP contribution in [0, 0.1) is 0 Å². The molecule has 2 aromatic rings. The monoisotopic (exact) mass is 357 g/mol. The zero-order chi connectivity index (χ0) is 19.1. The number of carbonyl (C=O) groups excluding carboxylic acids is 2. The van der Waals surface area contributed by atoms with E-state index in [9.17, 15) is 14.7 Å². The predicted molar refractivity (Wildman–Crippen MR) is 97.1 cm³/mol. The molecule has 0 saturated carbocycles. The quantitative estimate of drug-likeness (QED) is 0.771. The van der Waals surface area contributed by atoms with Crippen LogP contribution >= 0.6 is 0 Å². The lowest BCUT2D eigenvalue weighted by atomic mass is 10.2. The Hall–Kier alpha value is -3.02. The van der Waals surface area contributed by atoms with Gasteiger partial charge in [-0.25, -0.2) is 4.79 Å². The van der Waals surface area contributed by atoms with E-state index in [0.29, 0.717) is 12.3 Å². The molecule has 0 spiro atoms. The molecular weight excluding hydrogens is 334 g/mol. The largest absolute Gasteiger partial charge is 0.507 e. The number of phenols is 1. The summed E-state index contributed by atoms with van der Waals surface area (Å²) in [4.78, 5) is 26.2. The summed E-state index contributed by atoms with van der Waals surface area (Å²) in [6.07, 6.45) is 0. The van der Waals surface area contributed by atoms with Crippen molar-refractivity contribution in [2.24, 2.45) is 0 Å². The highest BCUT2D eigenvalue weighted by Gasteiger charge is 2.20. The van der Waals surface area contributed by atoms with Crippen LogP contribution in [0.4, 0.5) is 0 Å².